The standard InChI is InChI=1S/C16H21N3O3/c1-10(2)14(20)9-17-16(22)13-8-15(21)19(18-13)12-6-4-11(3)5-7-12/h4-8,10,14,18,20H,9H2,1-3H3,(H,17,22). The number of nitrogens with zero attached hydrogens (tertiary/aromatic N) is 1. The first kappa shape index (κ1) is 16.0. The van der Waals surface area contributed by atoms with Gasteiger partial charge in [0.05, 0.1) is 11.8 Å². The predicted molar refractivity (Wildman–Crippen MR) is 84.3 cm³/mol. The molecule has 1 unspecified atom stereocenters. The van der Waals surface area contributed by atoms with E-state index >= 15 is 0 Å². The number of carbonyl (C=O) groups is 1. The van der Waals surface area contributed by atoms with Crippen molar-refractivity contribution < 1.29 is 9.90 Å². The van der Waals surface area contributed by atoms with E-state index in [0.717, 1.165) is 5.56 Å². The third-order valence-electron chi connectivity index (χ3n) is 3.50. The number of amides is 1. The minimum Gasteiger partial charge on any atom is -0.391 e. The van der Waals surface area contributed by atoms with E-state index in [1.165, 1.54) is 10.7 Å². The van der Waals surface area contributed by atoms with Crippen molar-refractivity contribution in [2.45, 2.75) is 26.9 Å². The van der Waals surface area contributed by atoms with Gasteiger partial charge in [0.2, 0.25) is 0 Å². The first-order valence-corrected chi connectivity index (χ1v) is 7.24. The van der Waals surface area contributed by atoms with E-state index < -0.39 is 12.0 Å². The number of aromatic amines is 1. The van der Waals surface area contributed by atoms with Gasteiger partial charge in [0.15, 0.2) is 0 Å². The predicted octanol–water partition coefficient (Wildman–Crippen LogP) is 1.22. The van der Waals surface area contributed by atoms with Gasteiger partial charge < -0.3 is 10.4 Å². The van der Waals surface area contributed by atoms with Gasteiger partial charge >= 0.3 is 0 Å². The van der Waals surface area contributed by atoms with Crippen molar-refractivity contribution in [1.82, 2.24) is 15.1 Å². The molecule has 0 fully saturated rings. The van der Waals surface area contributed by atoms with Gasteiger partial charge in [-0.25, -0.2) is 4.68 Å². The molecule has 0 aliphatic carbocycles. The van der Waals surface area contributed by atoms with Crippen LogP contribution in [0.3, 0.4) is 0 Å². The van der Waals surface area contributed by atoms with Crippen LogP contribution in [0.2, 0.25) is 0 Å². The lowest BCUT2D eigenvalue weighted by Crippen LogP contribution is -2.34. The fourth-order valence-electron chi connectivity index (χ4n) is 1.93. The fraction of sp³-hybridized carbons (Fsp3) is 0.375. The molecule has 6 heteroatoms. The first-order valence-electron chi connectivity index (χ1n) is 7.24. The van der Waals surface area contributed by atoms with Gasteiger partial charge in [-0.05, 0) is 25.0 Å². The Balaban J connectivity index is 2.14. The number of rotatable bonds is 5. The lowest BCUT2D eigenvalue weighted by molar-refractivity contribution is 0.0866. The monoisotopic (exact) mass is 303 g/mol. The van der Waals surface area contributed by atoms with Gasteiger partial charge in [-0.3, -0.25) is 14.7 Å². The number of aliphatic hydroxyl groups excluding tert-OH is 1. The maximum absolute atomic E-state index is 12.0. The average Bonchev–Trinajstić information content (AvgIpc) is 2.87. The van der Waals surface area contributed by atoms with Crippen LogP contribution in [0.15, 0.2) is 35.1 Å². The van der Waals surface area contributed by atoms with E-state index in [0.29, 0.717) is 5.69 Å². The summed E-state index contributed by atoms with van der Waals surface area (Å²) >= 11 is 0. The molecule has 0 bridgehead atoms. The number of nitrogens with one attached hydrogen (secondary N) is 2. The third-order valence-corrected chi connectivity index (χ3v) is 3.50. The van der Waals surface area contributed by atoms with Gasteiger partial charge in [0.1, 0.15) is 5.69 Å². The minimum atomic E-state index is -0.616. The third kappa shape index (κ3) is 3.65. The largest absolute Gasteiger partial charge is 0.391 e. The number of aromatic nitrogens is 2. The quantitative estimate of drug-likeness (QED) is 0.776. The van der Waals surface area contributed by atoms with Crippen molar-refractivity contribution >= 4 is 5.91 Å². The van der Waals surface area contributed by atoms with Crippen molar-refractivity contribution in [2.24, 2.45) is 5.92 Å². The van der Waals surface area contributed by atoms with Crippen LogP contribution < -0.4 is 10.9 Å². The molecule has 1 heterocycles. The Hall–Kier alpha value is -2.34. The number of hydrogen-bond donors (Lipinski definition) is 3. The molecule has 0 aliphatic heterocycles. The van der Waals surface area contributed by atoms with Crippen LogP contribution in [0.5, 0.6) is 0 Å². The molecule has 0 spiro atoms. The lowest BCUT2D eigenvalue weighted by Gasteiger charge is -2.14. The molecule has 0 radical (unpaired) electrons. The summed E-state index contributed by atoms with van der Waals surface area (Å²) in [5.41, 5.74) is 1.61. The second kappa shape index (κ2) is 6.62. The Kier molecular flexibility index (Phi) is 4.82. The molecule has 0 aliphatic rings. The number of hydrogen-bond acceptors (Lipinski definition) is 3. The van der Waals surface area contributed by atoms with Crippen LogP contribution in [0.4, 0.5) is 0 Å². The van der Waals surface area contributed by atoms with Crippen LogP contribution >= 0.6 is 0 Å². The van der Waals surface area contributed by atoms with Crippen LogP contribution in [-0.2, 0) is 0 Å². The molecule has 0 saturated carbocycles. The summed E-state index contributed by atoms with van der Waals surface area (Å²) in [7, 11) is 0. The SMILES string of the molecule is Cc1ccc(-n2[nH]c(C(=O)NCC(O)C(C)C)cc2=O)cc1. The summed E-state index contributed by atoms with van der Waals surface area (Å²) < 4.78 is 1.31. The van der Waals surface area contributed by atoms with Crippen molar-refractivity contribution in [3.8, 4) is 5.69 Å². The van der Waals surface area contributed by atoms with Crippen LogP contribution in [0.1, 0.15) is 29.9 Å². The van der Waals surface area contributed by atoms with Crippen molar-refractivity contribution in [1.29, 1.82) is 0 Å². The molecule has 1 aromatic heterocycles. The molecular formula is C16H21N3O3. The highest BCUT2D eigenvalue weighted by atomic mass is 16.3. The number of carbonyl (C=O) groups excluding carboxylic acids is 1. The first-order chi connectivity index (χ1) is 10.4. The molecule has 1 atom stereocenters. The number of H-pyrrole nitrogens is 1. The lowest BCUT2D eigenvalue weighted by atomic mass is 10.1. The number of aliphatic hydroxyl groups is 1. The zero-order chi connectivity index (χ0) is 16.3. The molecule has 6 nitrogen and oxygen atoms in total. The smallest absolute Gasteiger partial charge is 0.271 e. The topological polar surface area (TPSA) is 87.1 Å². The molecule has 1 aromatic carbocycles. The highest BCUT2D eigenvalue weighted by Crippen LogP contribution is 2.07. The summed E-state index contributed by atoms with van der Waals surface area (Å²) in [6.45, 7) is 5.84. The van der Waals surface area contributed by atoms with Gasteiger partial charge in [-0.2, -0.15) is 0 Å². The van der Waals surface area contributed by atoms with Gasteiger partial charge in [0.25, 0.3) is 11.5 Å². The molecule has 118 valence electrons. The fourth-order valence-corrected chi connectivity index (χ4v) is 1.93. The van der Waals surface area contributed by atoms with E-state index in [4.69, 9.17) is 0 Å². The van der Waals surface area contributed by atoms with E-state index in [-0.39, 0.29) is 23.7 Å². The van der Waals surface area contributed by atoms with Gasteiger partial charge in [-0.1, -0.05) is 31.5 Å². The van der Waals surface area contributed by atoms with Crippen molar-refractivity contribution in [2.75, 3.05) is 6.54 Å². The highest BCUT2D eigenvalue weighted by Gasteiger charge is 2.15. The second-order valence-electron chi connectivity index (χ2n) is 5.70. The Labute approximate surface area is 128 Å². The summed E-state index contributed by atoms with van der Waals surface area (Å²) in [5, 5.41) is 15.1. The second-order valence-corrected chi connectivity index (χ2v) is 5.70. The van der Waals surface area contributed by atoms with Gasteiger partial charge in [0, 0.05) is 12.6 Å². The van der Waals surface area contributed by atoms with E-state index in [9.17, 15) is 14.7 Å². The number of aryl methyl sites for hydroxylation is 1. The number of benzene rings is 1. The normalized spacial score (nSPS) is 12.4. The van der Waals surface area contributed by atoms with Crippen LogP contribution in [0, 0.1) is 12.8 Å². The zero-order valence-corrected chi connectivity index (χ0v) is 13.0. The maximum Gasteiger partial charge on any atom is 0.271 e. The molecule has 1 amide bonds. The summed E-state index contributed by atoms with van der Waals surface area (Å²) in [4.78, 5) is 24.0. The van der Waals surface area contributed by atoms with E-state index in [1.54, 1.807) is 12.1 Å². The van der Waals surface area contributed by atoms with Gasteiger partial charge in [-0.15, -0.1) is 0 Å². The maximum atomic E-state index is 12.0. The van der Waals surface area contributed by atoms with Crippen LogP contribution in [0.25, 0.3) is 5.69 Å². The van der Waals surface area contributed by atoms with Crippen molar-refractivity contribution in [3.63, 3.8) is 0 Å². The average molecular weight is 303 g/mol. The Bertz CT molecular complexity index is 698. The molecular weight excluding hydrogens is 282 g/mol. The van der Waals surface area contributed by atoms with Crippen LogP contribution in [-0.4, -0.2) is 33.4 Å². The Morgan fingerprint density at radius 3 is 2.55 bits per heavy atom. The van der Waals surface area contributed by atoms with Crippen molar-refractivity contribution in [3.05, 3.63) is 51.9 Å². The molecule has 3 N–H and O–H groups in total. The minimum absolute atomic E-state index is 0.0523. The summed E-state index contributed by atoms with van der Waals surface area (Å²) in [6, 6.07) is 8.63. The summed E-state index contributed by atoms with van der Waals surface area (Å²) in [5.74, 6) is -0.362. The molecule has 22 heavy (non-hydrogen) atoms. The Morgan fingerprint density at radius 1 is 1.32 bits per heavy atom. The van der Waals surface area contributed by atoms with E-state index in [1.807, 2.05) is 32.9 Å². The molecule has 2 aromatic rings. The molecule has 2 rings (SSSR count). The van der Waals surface area contributed by atoms with E-state index in [2.05, 4.69) is 10.4 Å². The zero-order valence-electron chi connectivity index (χ0n) is 13.0. The highest BCUT2D eigenvalue weighted by molar-refractivity contribution is 5.92. The Morgan fingerprint density at radius 2 is 1.95 bits per heavy atom. The molecule has 0 saturated heterocycles. The summed E-state index contributed by atoms with van der Waals surface area (Å²) in [6.07, 6.45) is -0.616.